The van der Waals surface area contributed by atoms with Crippen molar-refractivity contribution in [1.29, 1.82) is 0 Å². The van der Waals surface area contributed by atoms with Crippen molar-refractivity contribution < 1.29 is 37.0 Å². The molecular weight excluding hydrogens is 598 g/mol. The number of benzene rings is 3. The van der Waals surface area contributed by atoms with Crippen molar-refractivity contribution in [3.05, 3.63) is 72.3 Å². The predicted octanol–water partition coefficient (Wildman–Crippen LogP) is 4.64. The summed E-state index contributed by atoms with van der Waals surface area (Å²) in [6.07, 6.45) is 0.311. The molecule has 0 radical (unpaired) electrons. The van der Waals surface area contributed by atoms with Crippen LogP contribution in [0.4, 0.5) is 5.69 Å². The van der Waals surface area contributed by atoms with E-state index in [9.17, 15) is 18.0 Å². The fraction of sp³-hybridized carbons (Fsp3) is 0.394. The molecule has 0 saturated carbocycles. The number of nitrogens with zero attached hydrogens (tertiary/aromatic N) is 2. The number of amides is 2. The Kier molecular flexibility index (Phi) is 12.5. The molecule has 0 saturated heterocycles. The third kappa shape index (κ3) is 8.81. The highest BCUT2D eigenvalue weighted by molar-refractivity contribution is 7.92. The average molecular weight is 642 g/mol. The van der Waals surface area contributed by atoms with Gasteiger partial charge in [-0.05, 0) is 81.3 Å². The zero-order chi connectivity index (χ0) is 33.1. The number of methoxy groups -OCH3 is 3. The highest BCUT2D eigenvalue weighted by atomic mass is 32.2. The summed E-state index contributed by atoms with van der Waals surface area (Å²) in [5.41, 5.74) is 0.987. The smallest absolute Gasteiger partial charge is 0.264 e. The molecule has 3 aromatic carbocycles. The van der Waals surface area contributed by atoms with Crippen molar-refractivity contribution in [1.82, 2.24) is 10.2 Å². The molecule has 0 unspecified atom stereocenters. The first-order valence-electron chi connectivity index (χ1n) is 14.7. The molecule has 0 spiro atoms. The lowest BCUT2D eigenvalue weighted by atomic mass is 10.1. The van der Waals surface area contributed by atoms with Gasteiger partial charge < -0.3 is 29.2 Å². The predicted molar refractivity (Wildman–Crippen MR) is 173 cm³/mol. The molecule has 0 fully saturated rings. The van der Waals surface area contributed by atoms with Crippen molar-refractivity contribution in [2.24, 2.45) is 0 Å². The van der Waals surface area contributed by atoms with Gasteiger partial charge in [0.05, 0.1) is 38.5 Å². The number of nitrogens with one attached hydrogen (secondary N) is 1. The number of rotatable bonds is 16. The Morgan fingerprint density at radius 1 is 0.822 bits per heavy atom. The lowest BCUT2D eigenvalue weighted by Crippen LogP contribution is -2.53. The highest BCUT2D eigenvalue weighted by Crippen LogP contribution is 2.33. The summed E-state index contributed by atoms with van der Waals surface area (Å²) in [5, 5.41) is 2.89. The third-order valence-electron chi connectivity index (χ3n) is 6.99. The minimum Gasteiger partial charge on any atom is -0.497 e. The van der Waals surface area contributed by atoms with E-state index < -0.39 is 28.5 Å². The zero-order valence-electron chi connectivity index (χ0n) is 26.9. The van der Waals surface area contributed by atoms with Gasteiger partial charge in [-0.3, -0.25) is 13.9 Å². The molecule has 12 heteroatoms. The number of hydrogen-bond donors (Lipinski definition) is 1. The first kappa shape index (κ1) is 35.0. The monoisotopic (exact) mass is 641 g/mol. The standard InChI is InChI=1S/C33H43N3O8S/c1-8-29(33(38)34-23(3)4)35(21-24-10-14-26(41-5)15-11-24)32(37)22-36(25-12-16-27(17-13-25)44-9-2)45(39,40)28-18-19-30(42-6)31(20-28)43-7/h10-20,23,29H,8-9,21-22H2,1-7H3,(H,34,38)/t29-/m0/s1. The second-order valence-electron chi connectivity index (χ2n) is 10.4. The van der Waals surface area contributed by atoms with Crippen LogP contribution in [0, 0.1) is 0 Å². The Bertz CT molecular complexity index is 1530. The van der Waals surface area contributed by atoms with Crippen LogP contribution in [-0.2, 0) is 26.2 Å². The Morgan fingerprint density at radius 2 is 1.44 bits per heavy atom. The first-order chi connectivity index (χ1) is 21.5. The molecule has 45 heavy (non-hydrogen) atoms. The van der Waals surface area contributed by atoms with Crippen LogP contribution < -0.4 is 28.6 Å². The van der Waals surface area contributed by atoms with Crippen LogP contribution in [0.1, 0.15) is 39.7 Å². The molecule has 0 bridgehead atoms. The summed E-state index contributed by atoms with van der Waals surface area (Å²) in [7, 11) is 0.0927. The van der Waals surface area contributed by atoms with Crippen LogP contribution in [0.3, 0.4) is 0 Å². The van der Waals surface area contributed by atoms with Crippen LogP contribution in [-0.4, -0.2) is 71.7 Å². The van der Waals surface area contributed by atoms with E-state index in [1.54, 1.807) is 55.6 Å². The molecule has 2 amide bonds. The van der Waals surface area contributed by atoms with Gasteiger partial charge in [0.25, 0.3) is 10.0 Å². The molecule has 0 aliphatic heterocycles. The minimum absolute atomic E-state index is 0.0698. The van der Waals surface area contributed by atoms with E-state index in [-0.39, 0.29) is 34.8 Å². The zero-order valence-corrected chi connectivity index (χ0v) is 27.7. The van der Waals surface area contributed by atoms with Crippen LogP contribution in [0.25, 0.3) is 0 Å². The molecule has 0 aliphatic rings. The minimum atomic E-state index is -4.33. The SMILES string of the molecule is CCOc1ccc(N(CC(=O)N(Cc2ccc(OC)cc2)[C@@H](CC)C(=O)NC(C)C)S(=O)(=O)c2ccc(OC)c(OC)c2)cc1. The van der Waals surface area contributed by atoms with Gasteiger partial charge in [0.15, 0.2) is 11.5 Å². The highest BCUT2D eigenvalue weighted by Gasteiger charge is 2.34. The van der Waals surface area contributed by atoms with Gasteiger partial charge in [0.1, 0.15) is 24.1 Å². The van der Waals surface area contributed by atoms with Crippen molar-refractivity contribution >= 4 is 27.5 Å². The number of ether oxygens (including phenoxy) is 4. The number of carbonyl (C=O) groups excluding carboxylic acids is 2. The lowest BCUT2D eigenvalue weighted by molar-refractivity contribution is -0.140. The summed E-state index contributed by atoms with van der Waals surface area (Å²) < 4.78 is 51.0. The van der Waals surface area contributed by atoms with E-state index in [1.165, 1.54) is 37.3 Å². The molecule has 1 N–H and O–H groups in total. The van der Waals surface area contributed by atoms with Crippen LogP contribution in [0.5, 0.6) is 23.0 Å². The number of carbonyl (C=O) groups is 2. The van der Waals surface area contributed by atoms with Crippen molar-refractivity contribution in [2.75, 3.05) is 38.8 Å². The Hall–Kier alpha value is -4.45. The molecule has 1 atom stereocenters. The maximum absolute atomic E-state index is 14.3. The normalized spacial score (nSPS) is 11.8. The largest absolute Gasteiger partial charge is 0.497 e. The maximum atomic E-state index is 14.3. The summed E-state index contributed by atoms with van der Waals surface area (Å²) in [6, 6.07) is 16.8. The molecule has 11 nitrogen and oxygen atoms in total. The van der Waals surface area contributed by atoms with Crippen molar-refractivity contribution in [3.63, 3.8) is 0 Å². The van der Waals surface area contributed by atoms with E-state index in [0.29, 0.717) is 30.3 Å². The number of sulfonamides is 1. The third-order valence-corrected chi connectivity index (χ3v) is 8.76. The second-order valence-corrected chi connectivity index (χ2v) is 12.3. The number of hydrogen-bond acceptors (Lipinski definition) is 8. The van der Waals surface area contributed by atoms with Gasteiger partial charge in [0, 0.05) is 18.7 Å². The lowest BCUT2D eigenvalue weighted by Gasteiger charge is -2.33. The summed E-state index contributed by atoms with van der Waals surface area (Å²) in [5.74, 6) is 0.874. The summed E-state index contributed by atoms with van der Waals surface area (Å²) >= 11 is 0. The van der Waals surface area contributed by atoms with Crippen LogP contribution >= 0.6 is 0 Å². The van der Waals surface area contributed by atoms with Crippen LogP contribution in [0.2, 0.25) is 0 Å². The van der Waals surface area contributed by atoms with Gasteiger partial charge in [-0.25, -0.2) is 8.42 Å². The van der Waals surface area contributed by atoms with E-state index in [2.05, 4.69) is 5.32 Å². The van der Waals surface area contributed by atoms with Gasteiger partial charge in [-0.1, -0.05) is 19.1 Å². The fourth-order valence-electron chi connectivity index (χ4n) is 4.74. The van der Waals surface area contributed by atoms with E-state index in [4.69, 9.17) is 18.9 Å². The molecular formula is C33H43N3O8S. The van der Waals surface area contributed by atoms with E-state index >= 15 is 0 Å². The molecule has 0 aliphatic carbocycles. The first-order valence-corrected chi connectivity index (χ1v) is 16.1. The van der Waals surface area contributed by atoms with Crippen LogP contribution in [0.15, 0.2) is 71.6 Å². The van der Waals surface area contributed by atoms with Crippen molar-refractivity contribution in [2.45, 2.75) is 57.6 Å². The van der Waals surface area contributed by atoms with Gasteiger partial charge in [0.2, 0.25) is 11.8 Å². The van der Waals surface area contributed by atoms with E-state index in [0.717, 1.165) is 9.87 Å². The average Bonchev–Trinajstić information content (AvgIpc) is 3.03. The molecule has 0 heterocycles. The molecule has 244 valence electrons. The fourth-order valence-corrected chi connectivity index (χ4v) is 6.17. The van der Waals surface area contributed by atoms with Crippen molar-refractivity contribution in [3.8, 4) is 23.0 Å². The Balaban J connectivity index is 2.11. The summed E-state index contributed by atoms with van der Waals surface area (Å²) in [6.45, 7) is 7.25. The Labute approximate surface area is 266 Å². The van der Waals surface area contributed by atoms with E-state index in [1.807, 2.05) is 27.7 Å². The second kappa shape index (κ2) is 16.0. The topological polar surface area (TPSA) is 124 Å². The quantitative estimate of drug-likeness (QED) is 0.240. The maximum Gasteiger partial charge on any atom is 0.264 e. The molecule has 3 rings (SSSR count). The summed E-state index contributed by atoms with van der Waals surface area (Å²) in [4.78, 5) is 28.9. The molecule has 0 aromatic heterocycles. The van der Waals surface area contributed by atoms with Gasteiger partial charge >= 0.3 is 0 Å². The number of anilines is 1. The van der Waals surface area contributed by atoms with Gasteiger partial charge in [-0.15, -0.1) is 0 Å². The van der Waals surface area contributed by atoms with Gasteiger partial charge in [-0.2, -0.15) is 0 Å². The Morgan fingerprint density at radius 3 is 1.98 bits per heavy atom. The molecule has 3 aromatic rings.